The number of nitrogens with one attached hydrogen (secondary N) is 1. The van der Waals surface area contributed by atoms with Crippen molar-refractivity contribution in [1.82, 2.24) is 5.32 Å². The van der Waals surface area contributed by atoms with Crippen LogP contribution in [0.1, 0.15) is 34.1 Å². The molecule has 0 spiro atoms. The van der Waals surface area contributed by atoms with Gasteiger partial charge in [-0.2, -0.15) is 0 Å². The van der Waals surface area contributed by atoms with Gasteiger partial charge < -0.3 is 5.32 Å². The minimum Gasteiger partial charge on any atom is -0.304 e. The fraction of sp³-hybridized carbons (Fsp3) is 0.158. The predicted octanol–water partition coefficient (Wildman–Crippen LogP) is 3.38. The highest BCUT2D eigenvalue weighted by Gasteiger charge is 2.32. The van der Waals surface area contributed by atoms with E-state index in [1.165, 1.54) is 18.7 Å². The van der Waals surface area contributed by atoms with Crippen LogP contribution in [-0.4, -0.2) is 27.9 Å². The van der Waals surface area contributed by atoms with Gasteiger partial charge in [-0.3, -0.25) is 14.4 Å². The number of thioether (sulfide) groups is 1. The van der Waals surface area contributed by atoms with Gasteiger partial charge in [-0.25, -0.2) is 4.99 Å². The Morgan fingerprint density at radius 2 is 1.72 bits per heavy atom. The molecule has 126 valence electrons. The van der Waals surface area contributed by atoms with E-state index in [0.29, 0.717) is 22.0 Å². The van der Waals surface area contributed by atoms with Crippen LogP contribution in [0, 0.1) is 0 Å². The van der Waals surface area contributed by atoms with Gasteiger partial charge in [-0.15, -0.1) is 0 Å². The first kappa shape index (κ1) is 17.1. The summed E-state index contributed by atoms with van der Waals surface area (Å²) < 4.78 is 0. The number of rotatable bonds is 5. The Morgan fingerprint density at radius 3 is 2.36 bits per heavy atom. The number of hydrogen-bond donors (Lipinski definition) is 1. The van der Waals surface area contributed by atoms with E-state index in [9.17, 15) is 14.4 Å². The highest BCUT2D eigenvalue weighted by atomic mass is 32.2. The molecule has 1 fully saturated rings. The van der Waals surface area contributed by atoms with Gasteiger partial charge in [0.15, 0.2) is 16.7 Å². The molecule has 2 aromatic carbocycles. The second-order valence-electron chi connectivity index (χ2n) is 5.61. The summed E-state index contributed by atoms with van der Waals surface area (Å²) in [6.45, 7) is 1.50. The molecule has 0 unspecified atom stereocenters. The number of carbonyl (C=O) groups excluding carboxylic acids is 3. The molecule has 0 bridgehead atoms. The summed E-state index contributed by atoms with van der Waals surface area (Å²) in [5.41, 5.74) is 1.85. The molecule has 1 amide bonds. The Bertz CT molecular complexity index is 845. The van der Waals surface area contributed by atoms with E-state index in [2.05, 4.69) is 10.3 Å². The van der Waals surface area contributed by atoms with E-state index in [0.717, 1.165) is 0 Å². The number of aliphatic imine (C=N–C) groups is 1. The Balaban J connectivity index is 1.67. The lowest BCUT2D eigenvalue weighted by Gasteiger charge is -2.04. The van der Waals surface area contributed by atoms with Crippen LogP contribution in [0.5, 0.6) is 0 Å². The van der Waals surface area contributed by atoms with Crippen LogP contribution >= 0.6 is 11.8 Å². The molecular weight excluding hydrogens is 336 g/mol. The second kappa shape index (κ2) is 7.44. The zero-order valence-corrected chi connectivity index (χ0v) is 14.4. The molecule has 1 aliphatic rings. The SMILES string of the molecule is CC(=O)c1ccc(N=C2NC(=O)[C@H](CC(=O)c3ccccc3)S2)cc1. The number of ketones is 2. The number of hydrogen-bond acceptors (Lipinski definition) is 5. The van der Waals surface area contributed by atoms with Crippen LogP contribution < -0.4 is 5.32 Å². The van der Waals surface area contributed by atoms with Crippen molar-refractivity contribution in [2.75, 3.05) is 0 Å². The van der Waals surface area contributed by atoms with Crippen molar-refractivity contribution in [3.8, 4) is 0 Å². The molecule has 1 aliphatic heterocycles. The summed E-state index contributed by atoms with van der Waals surface area (Å²) in [6, 6.07) is 15.8. The summed E-state index contributed by atoms with van der Waals surface area (Å²) >= 11 is 1.25. The molecule has 3 rings (SSSR count). The number of carbonyl (C=O) groups is 3. The van der Waals surface area contributed by atoms with Crippen LogP contribution in [0.15, 0.2) is 59.6 Å². The largest absolute Gasteiger partial charge is 0.304 e. The lowest BCUT2D eigenvalue weighted by Crippen LogP contribution is -2.26. The number of Topliss-reactive ketones (excluding diaryl/α,β-unsaturated/α-hetero) is 2. The predicted molar refractivity (Wildman–Crippen MR) is 98.5 cm³/mol. The maximum absolute atomic E-state index is 12.2. The van der Waals surface area contributed by atoms with E-state index >= 15 is 0 Å². The molecule has 0 aromatic heterocycles. The van der Waals surface area contributed by atoms with Gasteiger partial charge in [-0.1, -0.05) is 42.1 Å². The van der Waals surface area contributed by atoms with E-state index < -0.39 is 5.25 Å². The lowest BCUT2D eigenvalue weighted by atomic mass is 10.1. The molecule has 2 aromatic rings. The minimum atomic E-state index is -0.483. The highest BCUT2D eigenvalue weighted by Crippen LogP contribution is 2.26. The number of benzene rings is 2. The topological polar surface area (TPSA) is 75.6 Å². The van der Waals surface area contributed by atoms with Crippen molar-refractivity contribution < 1.29 is 14.4 Å². The van der Waals surface area contributed by atoms with Crippen molar-refractivity contribution in [1.29, 1.82) is 0 Å². The van der Waals surface area contributed by atoms with E-state index in [1.807, 2.05) is 6.07 Å². The van der Waals surface area contributed by atoms with E-state index in [1.54, 1.807) is 48.5 Å². The molecule has 1 heterocycles. The molecule has 25 heavy (non-hydrogen) atoms. The van der Waals surface area contributed by atoms with Crippen LogP contribution in [0.3, 0.4) is 0 Å². The Hall–Kier alpha value is -2.73. The molecule has 0 radical (unpaired) electrons. The summed E-state index contributed by atoms with van der Waals surface area (Å²) in [7, 11) is 0. The van der Waals surface area contributed by atoms with Gasteiger partial charge in [0.1, 0.15) is 0 Å². The molecular formula is C19H16N2O3S. The van der Waals surface area contributed by atoms with Gasteiger partial charge in [0.25, 0.3) is 0 Å². The maximum Gasteiger partial charge on any atom is 0.240 e. The molecule has 5 nitrogen and oxygen atoms in total. The number of nitrogens with zero attached hydrogens (tertiary/aromatic N) is 1. The summed E-state index contributed by atoms with van der Waals surface area (Å²) in [5, 5.41) is 2.68. The molecule has 0 aliphatic carbocycles. The van der Waals surface area contributed by atoms with Gasteiger partial charge in [0.05, 0.1) is 10.9 Å². The van der Waals surface area contributed by atoms with Crippen LogP contribution in [0.25, 0.3) is 0 Å². The Kier molecular flexibility index (Phi) is 5.09. The van der Waals surface area contributed by atoms with Crippen molar-refractivity contribution in [2.45, 2.75) is 18.6 Å². The maximum atomic E-state index is 12.2. The standard InChI is InChI=1S/C19H16N2O3S/c1-12(22)13-7-9-15(10-8-13)20-19-21-18(24)17(25-19)11-16(23)14-5-3-2-4-6-14/h2-10,17H,11H2,1H3,(H,20,21,24)/t17-/m0/s1. The van der Waals surface area contributed by atoms with Crippen molar-refractivity contribution >= 4 is 40.1 Å². The van der Waals surface area contributed by atoms with Crippen molar-refractivity contribution in [3.63, 3.8) is 0 Å². The molecule has 6 heteroatoms. The fourth-order valence-electron chi connectivity index (χ4n) is 2.39. The molecule has 0 saturated carbocycles. The summed E-state index contributed by atoms with van der Waals surface area (Å²) in [6.07, 6.45) is 0.128. The van der Waals surface area contributed by atoms with Crippen LogP contribution in [0.2, 0.25) is 0 Å². The second-order valence-corrected chi connectivity index (χ2v) is 6.80. The highest BCUT2D eigenvalue weighted by molar-refractivity contribution is 8.15. The first-order valence-electron chi connectivity index (χ1n) is 7.78. The zero-order chi connectivity index (χ0) is 17.8. The van der Waals surface area contributed by atoms with Crippen LogP contribution in [0.4, 0.5) is 5.69 Å². The Morgan fingerprint density at radius 1 is 1.04 bits per heavy atom. The first-order valence-corrected chi connectivity index (χ1v) is 8.66. The van der Waals surface area contributed by atoms with E-state index in [4.69, 9.17) is 0 Å². The third-order valence-corrected chi connectivity index (χ3v) is 4.83. The van der Waals surface area contributed by atoms with Gasteiger partial charge in [0.2, 0.25) is 5.91 Å². The summed E-state index contributed by atoms with van der Waals surface area (Å²) in [4.78, 5) is 40.0. The quantitative estimate of drug-likeness (QED) is 0.837. The average molecular weight is 352 g/mol. The molecule has 1 atom stereocenters. The van der Waals surface area contributed by atoms with Crippen molar-refractivity contribution in [3.05, 3.63) is 65.7 Å². The minimum absolute atomic E-state index is 0.0118. The van der Waals surface area contributed by atoms with Crippen molar-refractivity contribution in [2.24, 2.45) is 4.99 Å². The smallest absolute Gasteiger partial charge is 0.240 e. The fourth-order valence-corrected chi connectivity index (χ4v) is 3.38. The average Bonchev–Trinajstić information content (AvgIpc) is 2.95. The normalized spacial score (nSPS) is 18.2. The Labute approximate surface area is 149 Å². The van der Waals surface area contributed by atoms with Crippen LogP contribution in [-0.2, 0) is 4.79 Å². The first-order chi connectivity index (χ1) is 12.0. The molecule has 1 N–H and O–H groups in total. The monoisotopic (exact) mass is 352 g/mol. The van der Waals surface area contributed by atoms with Gasteiger partial charge in [-0.05, 0) is 31.2 Å². The lowest BCUT2D eigenvalue weighted by molar-refractivity contribution is -0.118. The zero-order valence-electron chi connectivity index (χ0n) is 13.6. The third-order valence-electron chi connectivity index (χ3n) is 3.75. The number of amidine groups is 1. The summed E-state index contributed by atoms with van der Waals surface area (Å²) in [5.74, 6) is -0.295. The number of amides is 1. The van der Waals surface area contributed by atoms with Gasteiger partial charge in [0, 0.05) is 17.5 Å². The third kappa shape index (κ3) is 4.22. The molecule has 1 saturated heterocycles. The van der Waals surface area contributed by atoms with Gasteiger partial charge >= 0.3 is 0 Å². The van der Waals surface area contributed by atoms with E-state index in [-0.39, 0.29) is 23.9 Å².